The van der Waals surface area contributed by atoms with Crippen LogP contribution in [-0.2, 0) is 0 Å². The molecule has 0 bridgehead atoms. The van der Waals surface area contributed by atoms with Crippen molar-refractivity contribution < 1.29 is 13.6 Å². The van der Waals surface area contributed by atoms with E-state index < -0.39 is 5.92 Å². The maximum Gasteiger partial charge on any atom is 0.315 e. The van der Waals surface area contributed by atoms with Crippen LogP contribution in [0.15, 0.2) is 0 Å². The second-order valence-corrected chi connectivity index (χ2v) is 4.56. The number of hydrogen-bond donors (Lipinski definition) is 2. The van der Waals surface area contributed by atoms with Crippen LogP contribution in [-0.4, -0.2) is 24.0 Å². The first-order chi connectivity index (χ1) is 7.05. The van der Waals surface area contributed by atoms with Crippen molar-refractivity contribution in [3.8, 4) is 0 Å². The maximum atomic E-state index is 12.5. The molecule has 2 fully saturated rings. The topological polar surface area (TPSA) is 41.1 Å². The number of urea groups is 1. The highest BCUT2D eigenvalue weighted by Gasteiger charge is 2.46. The Kier molecular flexibility index (Phi) is 2.80. The van der Waals surface area contributed by atoms with Gasteiger partial charge in [0.2, 0.25) is 0 Å². The summed E-state index contributed by atoms with van der Waals surface area (Å²) in [4.78, 5) is 11.3. The van der Waals surface area contributed by atoms with Gasteiger partial charge < -0.3 is 10.6 Å². The maximum absolute atomic E-state index is 12.5. The van der Waals surface area contributed by atoms with E-state index in [4.69, 9.17) is 0 Å². The number of amides is 2. The van der Waals surface area contributed by atoms with E-state index >= 15 is 0 Å². The summed E-state index contributed by atoms with van der Waals surface area (Å²) in [6, 6.07) is -0.394. The molecular weight excluding hydrogens is 202 g/mol. The Morgan fingerprint density at radius 2 is 1.60 bits per heavy atom. The van der Waals surface area contributed by atoms with Crippen LogP contribution in [0.5, 0.6) is 0 Å². The van der Waals surface area contributed by atoms with Crippen molar-refractivity contribution in [1.82, 2.24) is 10.6 Å². The van der Waals surface area contributed by atoms with Gasteiger partial charge in [-0.15, -0.1) is 0 Å². The molecule has 5 heteroatoms. The van der Waals surface area contributed by atoms with E-state index in [1.807, 2.05) is 0 Å². The zero-order valence-corrected chi connectivity index (χ0v) is 8.56. The summed E-state index contributed by atoms with van der Waals surface area (Å²) in [5.41, 5.74) is 0. The molecule has 0 aromatic carbocycles. The molecule has 0 heterocycles. The molecule has 2 N–H and O–H groups in total. The Labute approximate surface area is 87.6 Å². The summed E-state index contributed by atoms with van der Waals surface area (Å²) in [5.74, 6) is -2.56. The summed E-state index contributed by atoms with van der Waals surface area (Å²) in [7, 11) is 0. The standard InChI is InChI=1S/C10H16F2N2O/c11-10(12)5-8(6-10)14-9(15)13-7-3-1-2-4-7/h7-8H,1-6H2,(H2,13,14,15). The zero-order valence-electron chi connectivity index (χ0n) is 8.56. The second kappa shape index (κ2) is 3.94. The monoisotopic (exact) mass is 218 g/mol. The molecule has 2 saturated carbocycles. The number of carbonyl (C=O) groups excluding carboxylic acids is 1. The summed E-state index contributed by atoms with van der Waals surface area (Å²) >= 11 is 0. The van der Waals surface area contributed by atoms with Gasteiger partial charge in [0, 0.05) is 24.9 Å². The van der Waals surface area contributed by atoms with Crippen LogP contribution in [0.3, 0.4) is 0 Å². The van der Waals surface area contributed by atoms with E-state index in [0.29, 0.717) is 0 Å². The summed E-state index contributed by atoms with van der Waals surface area (Å²) in [6.45, 7) is 0. The van der Waals surface area contributed by atoms with Crippen molar-refractivity contribution in [2.45, 2.75) is 56.5 Å². The Hall–Kier alpha value is -0.870. The van der Waals surface area contributed by atoms with Gasteiger partial charge in [-0.2, -0.15) is 0 Å². The Bertz CT molecular complexity index is 244. The SMILES string of the molecule is O=C(NC1CCCC1)NC1CC(F)(F)C1. The third kappa shape index (κ3) is 2.79. The first-order valence-corrected chi connectivity index (χ1v) is 5.50. The van der Waals surface area contributed by atoms with E-state index in [-0.39, 0.29) is 31.0 Å². The molecule has 0 unspecified atom stereocenters. The van der Waals surface area contributed by atoms with Crippen LogP contribution in [0.25, 0.3) is 0 Å². The minimum Gasteiger partial charge on any atom is -0.335 e. The molecule has 0 aliphatic heterocycles. The molecule has 15 heavy (non-hydrogen) atoms. The van der Waals surface area contributed by atoms with Crippen molar-refractivity contribution in [1.29, 1.82) is 0 Å². The molecule has 0 aromatic rings. The molecule has 2 aliphatic rings. The second-order valence-electron chi connectivity index (χ2n) is 4.56. The molecule has 86 valence electrons. The number of carbonyl (C=O) groups is 1. The molecule has 3 nitrogen and oxygen atoms in total. The molecular formula is C10H16F2N2O. The van der Waals surface area contributed by atoms with Crippen molar-refractivity contribution >= 4 is 6.03 Å². The van der Waals surface area contributed by atoms with E-state index in [1.54, 1.807) is 0 Å². The number of hydrogen-bond acceptors (Lipinski definition) is 1. The van der Waals surface area contributed by atoms with Gasteiger partial charge in [0.25, 0.3) is 5.92 Å². The van der Waals surface area contributed by atoms with Gasteiger partial charge in [-0.3, -0.25) is 0 Å². The van der Waals surface area contributed by atoms with Gasteiger partial charge in [-0.05, 0) is 12.8 Å². The number of alkyl halides is 2. The minimum absolute atomic E-state index is 0.217. The fourth-order valence-corrected chi connectivity index (χ4v) is 2.25. The largest absolute Gasteiger partial charge is 0.335 e. The van der Waals surface area contributed by atoms with Gasteiger partial charge >= 0.3 is 6.03 Å². The Balaban J connectivity index is 1.65. The fourth-order valence-electron chi connectivity index (χ4n) is 2.25. The lowest BCUT2D eigenvalue weighted by Crippen LogP contribution is -2.54. The minimum atomic E-state index is -2.56. The third-order valence-electron chi connectivity index (χ3n) is 3.12. The summed E-state index contributed by atoms with van der Waals surface area (Å²) in [6.07, 6.45) is 3.87. The lowest BCUT2D eigenvalue weighted by atomic mass is 9.88. The zero-order chi connectivity index (χ0) is 10.9. The molecule has 2 aliphatic carbocycles. The molecule has 0 radical (unpaired) electrons. The third-order valence-corrected chi connectivity index (χ3v) is 3.12. The van der Waals surface area contributed by atoms with E-state index in [9.17, 15) is 13.6 Å². The van der Waals surface area contributed by atoms with Gasteiger partial charge in [0.05, 0.1) is 0 Å². The van der Waals surface area contributed by atoms with Gasteiger partial charge in [0.15, 0.2) is 0 Å². The smallest absolute Gasteiger partial charge is 0.315 e. The van der Waals surface area contributed by atoms with E-state index in [2.05, 4.69) is 10.6 Å². The Morgan fingerprint density at radius 1 is 1.07 bits per heavy atom. The highest BCUT2D eigenvalue weighted by atomic mass is 19.3. The van der Waals surface area contributed by atoms with Crippen LogP contribution >= 0.6 is 0 Å². The highest BCUT2D eigenvalue weighted by molar-refractivity contribution is 5.74. The van der Waals surface area contributed by atoms with Gasteiger partial charge in [-0.25, -0.2) is 13.6 Å². The molecule has 0 spiro atoms. The average Bonchev–Trinajstić information content (AvgIpc) is 2.52. The predicted octanol–water partition coefficient (Wildman–Crippen LogP) is 2.03. The van der Waals surface area contributed by atoms with Crippen LogP contribution in [0.2, 0.25) is 0 Å². The first-order valence-electron chi connectivity index (χ1n) is 5.50. The average molecular weight is 218 g/mol. The van der Waals surface area contributed by atoms with E-state index in [1.165, 1.54) is 0 Å². The molecule has 0 saturated heterocycles. The normalized spacial score (nSPS) is 26.0. The van der Waals surface area contributed by atoms with Crippen molar-refractivity contribution in [3.05, 3.63) is 0 Å². The van der Waals surface area contributed by atoms with Crippen LogP contribution < -0.4 is 10.6 Å². The van der Waals surface area contributed by atoms with Crippen molar-refractivity contribution in [3.63, 3.8) is 0 Å². The van der Waals surface area contributed by atoms with E-state index in [0.717, 1.165) is 25.7 Å². The Morgan fingerprint density at radius 3 is 2.13 bits per heavy atom. The quantitative estimate of drug-likeness (QED) is 0.731. The van der Waals surface area contributed by atoms with Crippen LogP contribution in [0.4, 0.5) is 13.6 Å². The van der Waals surface area contributed by atoms with Crippen molar-refractivity contribution in [2.24, 2.45) is 0 Å². The molecule has 0 atom stereocenters. The lowest BCUT2D eigenvalue weighted by Gasteiger charge is -2.35. The number of nitrogens with one attached hydrogen (secondary N) is 2. The summed E-state index contributed by atoms with van der Waals surface area (Å²) < 4.78 is 24.9. The van der Waals surface area contributed by atoms with Crippen LogP contribution in [0.1, 0.15) is 38.5 Å². The molecule has 2 rings (SSSR count). The summed E-state index contributed by atoms with van der Waals surface area (Å²) in [5, 5.41) is 5.38. The number of rotatable bonds is 2. The van der Waals surface area contributed by atoms with Crippen molar-refractivity contribution in [2.75, 3.05) is 0 Å². The molecule has 0 aromatic heterocycles. The lowest BCUT2D eigenvalue weighted by molar-refractivity contribution is -0.0896. The number of halogens is 2. The van der Waals surface area contributed by atoms with Crippen LogP contribution in [0, 0.1) is 0 Å². The van der Waals surface area contributed by atoms with Gasteiger partial charge in [0.1, 0.15) is 0 Å². The highest BCUT2D eigenvalue weighted by Crippen LogP contribution is 2.37. The predicted molar refractivity (Wildman–Crippen MR) is 51.9 cm³/mol. The van der Waals surface area contributed by atoms with Gasteiger partial charge in [-0.1, -0.05) is 12.8 Å². The molecule has 2 amide bonds. The first kappa shape index (κ1) is 10.6. The fraction of sp³-hybridized carbons (Fsp3) is 0.900.